The molecular formula is C12H8Br2Cl2S. The van der Waals surface area contributed by atoms with E-state index in [2.05, 4.69) is 44.0 Å². The second-order valence-corrected chi connectivity index (χ2v) is 7.55. The van der Waals surface area contributed by atoms with Crippen LogP contribution in [0.25, 0.3) is 0 Å². The van der Waals surface area contributed by atoms with E-state index in [-0.39, 0.29) is 5.38 Å². The Morgan fingerprint density at radius 1 is 1.24 bits per heavy atom. The van der Waals surface area contributed by atoms with Crippen LogP contribution in [0, 0.1) is 0 Å². The zero-order chi connectivity index (χ0) is 12.4. The third-order valence-corrected chi connectivity index (χ3v) is 5.88. The number of hydrogen-bond donors (Lipinski definition) is 0. The average molecular weight is 415 g/mol. The van der Waals surface area contributed by atoms with Gasteiger partial charge in [0.1, 0.15) is 4.34 Å². The summed E-state index contributed by atoms with van der Waals surface area (Å²) in [6.07, 6.45) is 0.796. The molecule has 2 rings (SSSR count). The molecule has 90 valence electrons. The van der Waals surface area contributed by atoms with Crippen LogP contribution >= 0.6 is 66.4 Å². The van der Waals surface area contributed by atoms with Crippen LogP contribution in [-0.2, 0) is 6.42 Å². The molecule has 0 nitrogen and oxygen atoms in total. The molecule has 1 unspecified atom stereocenters. The van der Waals surface area contributed by atoms with E-state index in [9.17, 15) is 0 Å². The SMILES string of the molecule is Clc1sc(C(Cl)Cc2cccc(Br)c2)cc1Br. The Balaban J connectivity index is 2.14. The number of thiophene rings is 1. The normalized spacial score (nSPS) is 12.7. The van der Waals surface area contributed by atoms with E-state index in [1.54, 1.807) is 0 Å². The van der Waals surface area contributed by atoms with Gasteiger partial charge in [0.2, 0.25) is 0 Å². The monoisotopic (exact) mass is 412 g/mol. The Labute approximate surface area is 131 Å². The zero-order valence-corrected chi connectivity index (χ0v) is 14.1. The van der Waals surface area contributed by atoms with Crippen molar-refractivity contribution in [2.45, 2.75) is 11.8 Å². The van der Waals surface area contributed by atoms with Gasteiger partial charge in [-0.2, -0.15) is 0 Å². The van der Waals surface area contributed by atoms with Crippen molar-refractivity contribution >= 4 is 66.4 Å². The van der Waals surface area contributed by atoms with Crippen LogP contribution in [-0.4, -0.2) is 0 Å². The van der Waals surface area contributed by atoms with Crippen molar-refractivity contribution in [3.63, 3.8) is 0 Å². The van der Waals surface area contributed by atoms with Crippen LogP contribution in [0.1, 0.15) is 15.8 Å². The van der Waals surface area contributed by atoms with Crippen LogP contribution in [0.3, 0.4) is 0 Å². The van der Waals surface area contributed by atoms with Gasteiger partial charge in [-0.25, -0.2) is 0 Å². The third kappa shape index (κ3) is 3.71. The van der Waals surface area contributed by atoms with Crippen LogP contribution < -0.4 is 0 Å². The van der Waals surface area contributed by atoms with Gasteiger partial charge in [0.25, 0.3) is 0 Å². The Bertz CT molecular complexity index is 505. The van der Waals surface area contributed by atoms with Gasteiger partial charge < -0.3 is 0 Å². The van der Waals surface area contributed by atoms with Crippen LogP contribution in [0.15, 0.2) is 39.3 Å². The summed E-state index contributed by atoms with van der Waals surface area (Å²) >= 11 is 20.8. The van der Waals surface area contributed by atoms with E-state index in [0.29, 0.717) is 0 Å². The number of benzene rings is 1. The minimum absolute atomic E-state index is 0.0434. The quantitative estimate of drug-likeness (QED) is 0.506. The first-order valence-electron chi connectivity index (χ1n) is 4.89. The second kappa shape index (κ2) is 6.07. The highest BCUT2D eigenvalue weighted by Crippen LogP contribution is 2.38. The molecule has 0 spiro atoms. The van der Waals surface area contributed by atoms with Gasteiger partial charge >= 0.3 is 0 Å². The molecule has 0 fully saturated rings. The summed E-state index contributed by atoms with van der Waals surface area (Å²) in [7, 11) is 0. The van der Waals surface area contributed by atoms with E-state index >= 15 is 0 Å². The van der Waals surface area contributed by atoms with Crippen molar-refractivity contribution in [3.8, 4) is 0 Å². The van der Waals surface area contributed by atoms with Crippen molar-refractivity contribution in [1.29, 1.82) is 0 Å². The van der Waals surface area contributed by atoms with Crippen molar-refractivity contribution in [3.05, 3.63) is 54.1 Å². The third-order valence-electron chi connectivity index (χ3n) is 2.28. The molecule has 0 bridgehead atoms. The molecule has 0 aliphatic carbocycles. The molecule has 0 saturated carbocycles. The molecule has 1 aromatic carbocycles. The molecule has 0 aliphatic heterocycles. The Kier molecular flexibility index (Phi) is 4.96. The molecule has 0 radical (unpaired) electrons. The largest absolute Gasteiger partial charge is 0.126 e. The Morgan fingerprint density at radius 2 is 2.00 bits per heavy atom. The summed E-state index contributed by atoms with van der Waals surface area (Å²) in [5.74, 6) is 0. The lowest BCUT2D eigenvalue weighted by Crippen LogP contribution is -1.93. The van der Waals surface area contributed by atoms with Crippen LogP contribution in [0.2, 0.25) is 4.34 Å². The molecule has 5 heteroatoms. The van der Waals surface area contributed by atoms with E-state index in [1.807, 2.05) is 18.2 Å². The molecule has 2 aromatic rings. The highest BCUT2D eigenvalue weighted by Gasteiger charge is 2.14. The molecule has 0 saturated heterocycles. The van der Waals surface area contributed by atoms with Gasteiger partial charge in [0, 0.05) is 13.8 Å². The van der Waals surface area contributed by atoms with E-state index in [4.69, 9.17) is 23.2 Å². The molecule has 0 N–H and O–H groups in total. The molecule has 1 aromatic heterocycles. The number of hydrogen-bond acceptors (Lipinski definition) is 1. The Morgan fingerprint density at radius 3 is 2.59 bits per heavy atom. The van der Waals surface area contributed by atoms with E-state index < -0.39 is 0 Å². The topological polar surface area (TPSA) is 0 Å². The lowest BCUT2D eigenvalue weighted by molar-refractivity contribution is 0.938. The van der Waals surface area contributed by atoms with Gasteiger partial charge in [-0.15, -0.1) is 22.9 Å². The molecule has 1 atom stereocenters. The van der Waals surface area contributed by atoms with Crippen LogP contribution in [0.4, 0.5) is 0 Å². The number of rotatable bonds is 3. The standard InChI is InChI=1S/C12H8Br2Cl2S/c13-8-3-1-2-7(4-8)5-10(15)11-6-9(14)12(16)17-11/h1-4,6,10H,5H2. The van der Waals surface area contributed by atoms with Crippen molar-refractivity contribution in [2.75, 3.05) is 0 Å². The number of halogens is 4. The summed E-state index contributed by atoms with van der Waals surface area (Å²) in [4.78, 5) is 1.09. The highest BCUT2D eigenvalue weighted by atomic mass is 79.9. The fraction of sp³-hybridized carbons (Fsp3) is 0.167. The molecule has 0 aliphatic rings. The highest BCUT2D eigenvalue weighted by molar-refractivity contribution is 9.10. The summed E-state index contributed by atoms with van der Waals surface area (Å²) in [5, 5.41) is -0.0434. The van der Waals surface area contributed by atoms with Crippen LogP contribution in [0.5, 0.6) is 0 Å². The van der Waals surface area contributed by atoms with Crippen molar-refractivity contribution < 1.29 is 0 Å². The first-order chi connectivity index (χ1) is 8.06. The first kappa shape index (κ1) is 13.9. The molecule has 1 heterocycles. The molecule has 0 amide bonds. The average Bonchev–Trinajstić information content (AvgIpc) is 2.59. The van der Waals surface area contributed by atoms with Gasteiger partial charge in [-0.05, 0) is 46.1 Å². The van der Waals surface area contributed by atoms with Gasteiger partial charge in [0.15, 0.2) is 0 Å². The summed E-state index contributed by atoms with van der Waals surface area (Å²) < 4.78 is 2.74. The predicted molar refractivity (Wildman–Crippen MR) is 83.5 cm³/mol. The smallest absolute Gasteiger partial charge is 0.107 e. The predicted octanol–water partition coefficient (Wildman–Crippen LogP) is 6.45. The van der Waals surface area contributed by atoms with Crippen molar-refractivity contribution in [2.24, 2.45) is 0 Å². The van der Waals surface area contributed by atoms with E-state index in [0.717, 1.165) is 24.6 Å². The van der Waals surface area contributed by atoms with Gasteiger partial charge in [0.05, 0.1) is 5.38 Å². The zero-order valence-electron chi connectivity index (χ0n) is 8.59. The first-order valence-corrected chi connectivity index (χ1v) is 8.11. The van der Waals surface area contributed by atoms with Gasteiger partial charge in [-0.3, -0.25) is 0 Å². The summed E-state index contributed by atoms with van der Waals surface area (Å²) in [6, 6.07) is 10.2. The summed E-state index contributed by atoms with van der Waals surface area (Å²) in [6.45, 7) is 0. The van der Waals surface area contributed by atoms with Crippen molar-refractivity contribution in [1.82, 2.24) is 0 Å². The second-order valence-electron chi connectivity index (χ2n) is 3.57. The fourth-order valence-corrected chi connectivity index (χ4v) is 4.02. The maximum atomic E-state index is 6.39. The maximum Gasteiger partial charge on any atom is 0.107 e. The van der Waals surface area contributed by atoms with E-state index in [1.165, 1.54) is 16.9 Å². The van der Waals surface area contributed by atoms with Gasteiger partial charge in [-0.1, -0.05) is 39.7 Å². The minimum Gasteiger partial charge on any atom is -0.126 e. The fourth-order valence-electron chi connectivity index (χ4n) is 1.49. The minimum atomic E-state index is -0.0434. The maximum absolute atomic E-state index is 6.39. The molecule has 17 heavy (non-hydrogen) atoms. The lowest BCUT2D eigenvalue weighted by Gasteiger charge is -2.07. The molecular weight excluding hydrogens is 407 g/mol. The number of alkyl halides is 1. The Hall–Kier alpha value is 0.460. The summed E-state index contributed by atoms with van der Waals surface area (Å²) in [5.41, 5.74) is 1.21. The lowest BCUT2D eigenvalue weighted by atomic mass is 10.1.